The van der Waals surface area contributed by atoms with E-state index < -0.39 is 0 Å². The minimum absolute atomic E-state index is 0.0746. The van der Waals surface area contributed by atoms with Crippen molar-refractivity contribution in [3.8, 4) is 0 Å². The van der Waals surface area contributed by atoms with Gasteiger partial charge >= 0.3 is 0 Å². The third-order valence-corrected chi connectivity index (χ3v) is 3.37. The molecule has 0 unspecified atom stereocenters. The lowest BCUT2D eigenvalue weighted by atomic mass is 10.1. The lowest BCUT2D eigenvalue weighted by molar-refractivity contribution is 0.247. The lowest BCUT2D eigenvalue weighted by Gasteiger charge is -2.24. The molecule has 0 aliphatic heterocycles. The summed E-state index contributed by atoms with van der Waals surface area (Å²) in [5, 5.41) is 17.7. The predicted octanol–water partition coefficient (Wildman–Crippen LogP) is 2.62. The Morgan fingerprint density at radius 2 is 1.60 bits per heavy atom. The van der Waals surface area contributed by atoms with E-state index in [4.69, 9.17) is 0 Å². The fourth-order valence-electron chi connectivity index (χ4n) is 2.40. The summed E-state index contributed by atoms with van der Waals surface area (Å²) in [6, 6.07) is 8.56. The second-order valence-electron chi connectivity index (χ2n) is 6.18. The number of hydrogen-bond acceptors (Lipinski definition) is 3. The van der Waals surface area contributed by atoms with Gasteiger partial charge in [0.25, 0.3) is 0 Å². The summed E-state index contributed by atoms with van der Waals surface area (Å²) in [4.78, 5) is 0. The zero-order valence-corrected chi connectivity index (χ0v) is 12.7. The maximum atomic E-state index is 9.39. The monoisotopic (exact) mass is 273 g/mol. The number of rotatable bonds is 4. The van der Waals surface area contributed by atoms with Crippen LogP contribution in [0.1, 0.15) is 43.5 Å². The molecule has 0 bridgehead atoms. The van der Waals surface area contributed by atoms with Crippen LogP contribution >= 0.6 is 0 Å². The molecule has 0 fully saturated rings. The second kappa shape index (κ2) is 5.75. The van der Waals surface area contributed by atoms with Crippen molar-refractivity contribution in [1.29, 1.82) is 0 Å². The van der Waals surface area contributed by atoms with Crippen LogP contribution in [0.25, 0.3) is 0 Å². The zero-order chi connectivity index (χ0) is 14.8. The van der Waals surface area contributed by atoms with E-state index in [2.05, 4.69) is 62.2 Å². The molecule has 1 N–H and O–H groups in total. The van der Waals surface area contributed by atoms with Crippen LogP contribution in [-0.2, 0) is 25.0 Å². The lowest BCUT2D eigenvalue weighted by Crippen LogP contribution is -2.26. The van der Waals surface area contributed by atoms with Gasteiger partial charge in [0, 0.05) is 12.0 Å². The minimum atomic E-state index is -0.121. The first-order valence-corrected chi connectivity index (χ1v) is 7.02. The molecular formula is C16H23N3O. The molecule has 2 aromatic rings. The quantitative estimate of drug-likeness (QED) is 0.931. The van der Waals surface area contributed by atoms with Gasteiger partial charge in [0.1, 0.15) is 12.4 Å². The number of aliphatic hydroxyl groups excluding tert-OH is 1. The van der Waals surface area contributed by atoms with E-state index in [0.717, 1.165) is 18.7 Å². The predicted molar refractivity (Wildman–Crippen MR) is 79.5 cm³/mol. The molecule has 0 aliphatic rings. The number of aromatic nitrogens is 3. The highest BCUT2D eigenvalue weighted by Crippen LogP contribution is 2.20. The Morgan fingerprint density at radius 3 is 2.15 bits per heavy atom. The average molecular weight is 273 g/mol. The Hall–Kier alpha value is -1.68. The standard InChI is InChI=1S/C16H23N3O/c1-12-5-7-13(8-6-12)9-10-14-17-18-15(11-20)19(14)16(2,3)4/h5-8,20H,9-11H2,1-4H3. The van der Waals surface area contributed by atoms with Crippen LogP contribution in [0.4, 0.5) is 0 Å². The second-order valence-corrected chi connectivity index (χ2v) is 6.18. The SMILES string of the molecule is Cc1ccc(CCc2nnc(CO)n2C(C)(C)C)cc1. The average Bonchev–Trinajstić information content (AvgIpc) is 2.81. The van der Waals surface area contributed by atoms with Crippen LogP contribution in [0.2, 0.25) is 0 Å². The Kier molecular flexibility index (Phi) is 4.23. The van der Waals surface area contributed by atoms with E-state index in [0.29, 0.717) is 5.82 Å². The summed E-state index contributed by atoms with van der Waals surface area (Å²) >= 11 is 0. The van der Waals surface area contributed by atoms with Crippen LogP contribution in [0.3, 0.4) is 0 Å². The third kappa shape index (κ3) is 3.25. The number of benzene rings is 1. The van der Waals surface area contributed by atoms with Gasteiger partial charge in [0.05, 0.1) is 0 Å². The fourth-order valence-corrected chi connectivity index (χ4v) is 2.40. The van der Waals surface area contributed by atoms with Crippen molar-refractivity contribution >= 4 is 0 Å². The smallest absolute Gasteiger partial charge is 0.159 e. The number of hydrogen-bond donors (Lipinski definition) is 1. The van der Waals surface area contributed by atoms with Crippen molar-refractivity contribution in [2.45, 2.75) is 52.7 Å². The Labute approximate surface area is 120 Å². The number of nitrogens with zero attached hydrogens (tertiary/aromatic N) is 3. The van der Waals surface area contributed by atoms with E-state index in [-0.39, 0.29) is 12.1 Å². The molecule has 1 aromatic carbocycles. The van der Waals surface area contributed by atoms with Gasteiger partial charge in [0.2, 0.25) is 0 Å². The van der Waals surface area contributed by atoms with Gasteiger partial charge in [0.15, 0.2) is 5.82 Å². The first-order chi connectivity index (χ1) is 9.41. The van der Waals surface area contributed by atoms with E-state index >= 15 is 0 Å². The van der Waals surface area contributed by atoms with Gasteiger partial charge in [-0.05, 0) is 39.7 Å². The molecule has 1 aromatic heterocycles. The topological polar surface area (TPSA) is 50.9 Å². The van der Waals surface area contributed by atoms with Gasteiger partial charge in [-0.3, -0.25) is 0 Å². The van der Waals surface area contributed by atoms with E-state index in [1.54, 1.807) is 0 Å². The van der Waals surface area contributed by atoms with Gasteiger partial charge < -0.3 is 9.67 Å². The molecule has 0 saturated carbocycles. The highest BCUT2D eigenvalue weighted by molar-refractivity contribution is 5.22. The summed E-state index contributed by atoms with van der Waals surface area (Å²) in [5.74, 6) is 1.57. The molecule has 0 radical (unpaired) electrons. The molecule has 108 valence electrons. The molecule has 0 atom stereocenters. The van der Waals surface area contributed by atoms with Crippen LogP contribution < -0.4 is 0 Å². The van der Waals surface area contributed by atoms with Crippen LogP contribution in [0.15, 0.2) is 24.3 Å². The molecule has 4 heteroatoms. The summed E-state index contributed by atoms with van der Waals surface area (Å²) in [6.07, 6.45) is 1.76. The zero-order valence-electron chi connectivity index (χ0n) is 12.7. The summed E-state index contributed by atoms with van der Waals surface area (Å²) < 4.78 is 2.04. The van der Waals surface area contributed by atoms with Crippen LogP contribution in [-0.4, -0.2) is 19.9 Å². The Bertz CT molecular complexity index is 564. The molecular weight excluding hydrogens is 250 g/mol. The molecule has 2 rings (SSSR count). The van der Waals surface area contributed by atoms with Crippen molar-refractivity contribution in [3.63, 3.8) is 0 Å². The van der Waals surface area contributed by atoms with E-state index in [1.807, 2.05) is 4.57 Å². The maximum absolute atomic E-state index is 9.39. The number of aryl methyl sites for hydroxylation is 3. The molecule has 0 saturated heterocycles. The first-order valence-electron chi connectivity index (χ1n) is 7.02. The van der Waals surface area contributed by atoms with Crippen molar-refractivity contribution < 1.29 is 5.11 Å². The van der Waals surface area contributed by atoms with Crippen LogP contribution in [0.5, 0.6) is 0 Å². The molecule has 0 amide bonds. The normalized spacial score (nSPS) is 11.8. The first kappa shape index (κ1) is 14.7. The molecule has 1 heterocycles. The van der Waals surface area contributed by atoms with Crippen LogP contribution in [0, 0.1) is 6.92 Å². The summed E-state index contributed by atoms with van der Waals surface area (Å²) in [5.41, 5.74) is 2.45. The van der Waals surface area contributed by atoms with E-state index in [9.17, 15) is 5.11 Å². The van der Waals surface area contributed by atoms with Crippen molar-refractivity contribution in [3.05, 3.63) is 47.0 Å². The molecule has 0 aliphatic carbocycles. The van der Waals surface area contributed by atoms with E-state index in [1.165, 1.54) is 11.1 Å². The van der Waals surface area contributed by atoms with Crippen molar-refractivity contribution in [2.75, 3.05) is 0 Å². The van der Waals surface area contributed by atoms with Gasteiger partial charge in [-0.1, -0.05) is 29.8 Å². The highest BCUT2D eigenvalue weighted by Gasteiger charge is 2.22. The van der Waals surface area contributed by atoms with Gasteiger partial charge in [-0.25, -0.2) is 0 Å². The fraction of sp³-hybridized carbons (Fsp3) is 0.500. The summed E-state index contributed by atoms with van der Waals surface area (Å²) in [6.45, 7) is 8.32. The van der Waals surface area contributed by atoms with Crippen molar-refractivity contribution in [2.24, 2.45) is 0 Å². The summed E-state index contributed by atoms with van der Waals surface area (Å²) in [7, 11) is 0. The largest absolute Gasteiger partial charge is 0.388 e. The number of aliphatic hydroxyl groups is 1. The third-order valence-electron chi connectivity index (χ3n) is 3.37. The Morgan fingerprint density at radius 1 is 1.00 bits per heavy atom. The maximum Gasteiger partial charge on any atom is 0.159 e. The van der Waals surface area contributed by atoms with Gasteiger partial charge in [-0.2, -0.15) is 0 Å². The molecule has 20 heavy (non-hydrogen) atoms. The van der Waals surface area contributed by atoms with Gasteiger partial charge in [-0.15, -0.1) is 10.2 Å². The minimum Gasteiger partial charge on any atom is -0.388 e. The highest BCUT2D eigenvalue weighted by atomic mass is 16.3. The molecule has 0 spiro atoms. The van der Waals surface area contributed by atoms with Crippen molar-refractivity contribution in [1.82, 2.24) is 14.8 Å². The Balaban J connectivity index is 2.17. The molecule has 4 nitrogen and oxygen atoms in total.